The molecule has 3 heteroatoms. The fraction of sp³-hybridized carbons (Fsp3) is 0.774. The van der Waals surface area contributed by atoms with Crippen molar-refractivity contribution in [2.45, 2.75) is 129 Å². The van der Waals surface area contributed by atoms with Crippen LogP contribution >= 0.6 is 0 Å². The van der Waals surface area contributed by atoms with Crippen LogP contribution in [0.15, 0.2) is 30.3 Å². The van der Waals surface area contributed by atoms with Crippen LogP contribution < -0.4 is 0 Å². The Morgan fingerprint density at radius 3 is 1.65 bits per heavy atom. The lowest BCUT2D eigenvalue weighted by molar-refractivity contribution is -0.931. The van der Waals surface area contributed by atoms with Gasteiger partial charge in [-0.1, -0.05) is 127 Å². The van der Waals surface area contributed by atoms with Crippen molar-refractivity contribution in [3.05, 3.63) is 35.9 Å². The highest BCUT2D eigenvalue weighted by atomic mass is 16.2. The first-order chi connectivity index (χ1) is 16.6. The predicted molar refractivity (Wildman–Crippen MR) is 147 cm³/mol. The van der Waals surface area contributed by atoms with E-state index in [1.165, 1.54) is 108 Å². The number of likely N-dealkylation sites (tertiary alicyclic amines) is 1. The van der Waals surface area contributed by atoms with Gasteiger partial charge in [0.15, 0.2) is 6.17 Å². The molecule has 34 heavy (non-hydrogen) atoms. The number of nitrogens with zero attached hydrogens (tertiary/aromatic N) is 2. The fourth-order valence-electron chi connectivity index (χ4n) is 5.70. The minimum atomic E-state index is 0.146. The van der Waals surface area contributed by atoms with E-state index in [1.807, 2.05) is 0 Å². The Morgan fingerprint density at radius 2 is 1.21 bits per heavy atom. The summed E-state index contributed by atoms with van der Waals surface area (Å²) in [6.07, 6.45) is 24.3. The molecule has 0 aromatic heterocycles. The molecule has 1 heterocycles. The quantitative estimate of drug-likeness (QED) is 0.138. The van der Waals surface area contributed by atoms with Gasteiger partial charge in [-0.2, -0.15) is 0 Å². The van der Waals surface area contributed by atoms with Crippen LogP contribution in [0.3, 0.4) is 0 Å². The molecule has 1 aliphatic heterocycles. The highest BCUT2D eigenvalue weighted by Gasteiger charge is 2.39. The molecule has 1 aliphatic rings. The molecule has 1 aromatic rings. The zero-order chi connectivity index (χ0) is 24.5. The van der Waals surface area contributed by atoms with Gasteiger partial charge in [0.1, 0.15) is 0 Å². The molecule has 0 radical (unpaired) electrons. The van der Waals surface area contributed by atoms with Gasteiger partial charge in [0.05, 0.1) is 20.6 Å². The van der Waals surface area contributed by atoms with Crippen LogP contribution in [0.4, 0.5) is 0 Å². The maximum atomic E-state index is 12.6. The Kier molecular flexibility index (Phi) is 14.6. The second-order valence-corrected chi connectivity index (χ2v) is 11.3. The molecule has 194 valence electrons. The molecule has 1 aromatic carbocycles. The first-order valence-corrected chi connectivity index (χ1v) is 14.7. The Hall–Kier alpha value is -1.35. The molecule has 1 fully saturated rings. The molecule has 1 atom stereocenters. The van der Waals surface area contributed by atoms with Crippen molar-refractivity contribution in [3.8, 4) is 0 Å². The smallest absolute Gasteiger partial charge is 0.227 e. The molecule has 0 aliphatic carbocycles. The number of benzene rings is 1. The van der Waals surface area contributed by atoms with Gasteiger partial charge in [-0.25, -0.2) is 0 Å². The third-order valence-corrected chi connectivity index (χ3v) is 7.75. The van der Waals surface area contributed by atoms with Gasteiger partial charge in [-0.05, 0) is 19.3 Å². The second-order valence-electron chi connectivity index (χ2n) is 11.3. The van der Waals surface area contributed by atoms with Gasteiger partial charge in [-0.15, -0.1) is 0 Å². The molecule has 3 nitrogen and oxygen atoms in total. The number of hydrogen-bond donors (Lipinski definition) is 0. The van der Waals surface area contributed by atoms with Crippen LogP contribution in [-0.4, -0.2) is 42.5 Å². The normalized spacial score (nSPS) is 15.3. The zero-order valence-electron chi connectivity index (χ0n) is 22.9. The van der Waals surface area contributed by atoms with E-state index in [1.54, 1.807) is 0 Å². The lowest BCUT2D eigenvalue weighted by Crippen LogP contribution is -2.52. The van der Waals surface area contributed by atoms with E-state index in [9.17, 15) is 4.79 Å². The Labute approximate surface area is 211 Å². The lowest BCUT2D eigenvalue weighted by atomic mass is 10.0. The first-order valence-electron chi connectivity index (χ1n) is 14.7. The molecule has 1 amide bonds. The number of hydrogen-bond acceptors (Lipinski definition) is 1. The van der Waals surface area contributed by atoms with Crippen molar-refractivity contribution in [2.24, 2.45) is 0 Å². The molecule has 0 bridgehead atoms. The van der Waals surface area contributed by atoms with E-state index in [0.29, 0.717) is 12.3 Å². The number of quaternary nitrogens is 1. The SMILES string of the molecule is CCCCCCCCCCCCCCCCCC[N+](C)(C)C(c1ccccc1)N1CCCC1=O. The standard InChI is InChI=1S/C31H55N2O/c1-4-5-6-7-8-9-10-11-12-13-14-15-16-17-18-22-28-33(2,3)31(29-24-20-19-21-25-29)32-27-23-26-30(32)34/h19-21,24-25,31H,4-18,22-23,26-28H2,1-3H3/q+1. The summed E-state index contributed by atoms with van der Waals surface area (Å²) < 4.78 is 0.869. The van der Waals surface area contributed by atoms with E-state index in [2.05, 4.69) is 56.3 Å². The third-order valence-electron chi connectivity index (χ3n) is 7.75. The van der Waals surface area contributed by atoms with Crippen LogP contribution in [0, 0.1) is 0 Å². The summed E-state index contributed by atoms with van der Waals surface area (Å²) in [4.78, 5) is 14.7. The number of carbonyl (C=O) groups excluding carboxylic acids is 1. The van der Waals surface area contributed by atoms with Gasteiger partial charge >= 0.3 is 0 Å². The molecular weight excluding hydrogens is 416 g/mol. The van der Waals surface area contributed by atoms with Gasteiger partial charge in [0.2, 0.25) is 5.91 Å². The molecule has 2 rings (SSSR count). The van der Waals surface area contributed by atoms with Crippen LogP contribution in [0.1, 0.15) is 134 Å². The second kappa shape index (κ2) is 17.1. The zero-order valence-corrected chi connectivity index (χ0v) is 22.9. The van der Waals surface area contributed by atoms with Crippen LogP contribution in [0.25, 0.3) is 0 Å². The van der Waals surface area contributed by atoms with Gasteiger partial charge < -0.3 is 4.48 Å². The average Bonchev–Trinajstić information content (AvgIpc) is 3.24. The minimum absolute atomic E-state index is 0.146. The van der Waals surface area contributed by atoms with E-state index < -0.39 is 0 Å². The Bertz CT molecular complexity index is 642. The highest BCUT2D eigenvalue weighted by Crippen LogP contribution is 2.33. The number of unbranched alkanes of at least 4 members (excludes halogenated alkanes) is 15. The van der Waals surface area contributed by atoms with E-state index >= 15 is 0 Å². The molecule has 0 saturated carbocycles. The van der Waals surface area contributed by atoms with Crippen molar-refractivity contribution in [1.29, 1.82) is 0 Å². The van der Waals surface area contributed by atoms with E-state index in [-0.39, 0.29) is 6.17 Å². The summed E-state index contributed by atoms with van der Waals surface area (Å²) in [5, 5.41) is 0. The van der Waals surface area contributed by atoms with Crippen molar-refractivity contribution in [2.75, 3.05) is 27.2 Å². The van der Waals surface area contributed by atoms with E-state index in [4.69, 9.17) is 0 Å². The van der Waals surface area contributed by atoms with Crippen molar-refractivity contribution < 1.29 is 9.28 Å². The summed E-state index contributed by atoms with van der Waals surface area (Å²) in [6, 6.07) is 10.7. The fourth-order valence-corrected chi connectivity index (χ4v) is 5.70. The predicted octanol–water partition coefficient (Wildman–Crippen LogP) is 8.65. The first kappa shape index (κ1) is 28.9. The maximum absolute atomic E-state index is 12.6. The topological polar surface area (TPSA) is 20.3 Å². The van der Waals surface area contributed by atoms with Crippen LogP contribution in [-0.2, 0) is 4.79 Å². The van der Waals surface area contributed by atoms with Crippen LogP contribution in [0.5, 0.6) is 0 Å². The Balaban J connectivity index is 1.54. The lowest BCUT2D eigenvalue weighted by Gasteiger charge is -2.42. The number of rotatable bonds is 20. The van der Waals surface area contributed by atoms with Crippen molar-refractivity contribution >= 4 is 5.91 Å². The van der Waals surface area contributed by atoms with Gasteiger partial charge in [-0.3, -0.25) is 9.69 Å². The van der Waals surface area contributed by atoms with E-state index in [0.717, 1.165) is 24.0 Å². The molecular formula is C31H55N2O+. The monoisotopic (exact) mass is 471 g/mol. The summed E-state index contributed by atoms with van der Waals surface area (Å²) in [7, 11) is 4.63. The number of amides is 1. The third kappa shape index (κ3) is 10.9. The molecule has 0 N–H and O–H groups in total. The maximum Gasteiger partial charge on any atom is 0.227 e. The summed E-state index contributed by atoms with van der Waals surface area (Å²) in [5.74, 6) is 0.326. The molecule has 1 unspecified atom stereocenters. The summed E-state index contributed by atoms with van der Waals surface area (Å²) in [5.41, 5.74) is 1.28. The average molecular weight is 472 g/mol. The van der Waals surface area contributed by atoms with Gasteiger partial charge in [0, 0.05) is 18.5 Å². The molecule has 1 saturated heterocycles. The van der Waals surface area contributed by atoms with Gasteiger partial charge in [0.25, 0.3) is 0 Å². The highest BCUT2D eigenvalue weighted by molar-refractivity contribution is 5.78. The Morgan fingerprint density at radius 1 is 0.735 bits per heavy atom. The summed E-state index contributed by atoms with van der Waals surface area (Å²) in [6.45, 7) is 4.32. The minimum Gasteiger partial charge on any atom is -0.305 e. The van der Waals surface area contributed by atoms with Crippen molar-refractivity contribution in [3.63, 3.8) is 0 Å². The van der Waals surface area contributed by atoms with Crippen molar-refractivity contribution in [1.82, 2.24) is 4.90 Å². The number of carbonyl (C=O) groups is 1. The van der Waals surface area contributed by atoms with Crippen LogP contribution in [0.2, 0.25) is 0 Å². The largest absolute Gasteiger partial charge is 0.305 e. The summed E-state index contributed by atoms with van der Waals surface area (Å²) >= 11 is 0. The molecule has 0 spiro atoms.